The lowest BCUT2D eigenvalue weighted by Crippen LogP contribution is -2.04. The van der Waals surface area contributed by atoms with Crippen LogP contribution in [0.3, 0.4) is 0 Å². The molecule has 4 nitrogen and oxygen atoms in total. The monoisotopic (exact) mass is 227 g/mol. The molecule has 2 N–H and O–H groups in total. The molecule has 1 heterocycles. The topological polar surface area (TPSA) is 53.7 Å². The number of rotatable bonds is 5. The van der Waals surface area contributed by atoms with Crippen molar-refractivity contribution >= 4 is 0 Å². The minimum atomic E-state index is -0.386. The Morgan fingerprint density at radius 1 is 1.31 bits per heavy atom. The van der Waals surface area contributed by atoms with Crippen molar-refractivity contribution in [2.75, 3.05) is 20.1 Å². The lowest BCUT2D eigenvalue weighted by Gasteiger charge is -2.10. The number of hydrogen-bond donors (Lipinski definition) is 1. The van der Waals surface area contributed by atoms with Gasteiger partial charge in [0.05, 0.1) is 13.3 Å². The third kappa shape index (κ3) is 2.19. The van der Waals surface area contributed by atoms with Crippen molar-refractivity contribution < 1.29 is 18.6 Å². The molecule has 0 aromatic heterocycles. The van der Waals surface area contributed by atoms with E-state index in [1.165, 1.54) is 0 Å². The molecule has 0 saturated carbocycles. The lowest BCUT2D eigenvalue weighted by atomic mass is 10.2. The molecular weight excluding hydrogens is 213 g/mol. The maximum atomic E-state index is 11.9. The number of benzene rings is 1. The first-order valence-corrected chi connectivity index (χ1v) is 5.16. The molecule has 88 valence electrons. The number of nitrogens with two attached hydrogens (primary N) is 1. The van der Waals surface area contributed by atoms with Crippen LogP contribution in [0, 0.1) is 0 Å². The number of fused-ring (bicyclic) bond motifs is 1. The summed E-state index contributed by atoms with van der Waals surface area (Å²) in [6, 6.07) is 3.54. The Kier molecular flexibility index (Phi) is 3.46. The average molecular weight is 227 g/mol. The van der Waals surface area contributed by atoms with Gasteiger partial charge in [0.2, 0.25) is 6.79 Å². The summed E-state index contributed by atoms with van der Waals surface area (Å²) in [5.74, 6) is 1.96. The number of halogens is 1. The molecule has 1 aromatic carbocycles. The van der Waals surface area contributed by atoms with Gasteiger partial charge in [-0.3, -0.25) is 4.39 Å². The minimum Gasteiger partial charge on any atom is -0.493 e. The Hall–Kier alpha value is -1.49. The standard InChI is InChI=1S/C11H14FNO3/c12-2-1-3-14-9-5-11-10(15-7-16-11)4-8(9)6-13/h4-5H,1-3,6-7,13H2. The fourth-order valence-electron chi connectivity index (χ4n) is 1.50. The van der Waals surface area contributed by atoms with Crippen molar-refractivity contribution in [3.05, 3.63) is 17.7 Å². The first kappa shape index (κ1) is 11.0. The molecule has 1 aromatic rings. The second-order valence-electron chi connectivity index (χ2n) is 3.41. The maximum absolute atomic E-state index is 11.9. The summed E-state index contributed by atoms with van der Waals surface area (Å²) in [6.45, 7) is 0.514. The Labute approximate surface area is 93.1 Å². The summed E-state index contributed by atoms with van der Waals surface area (Å²) in [5, 5.41) is 0. The summed E-state index contributed by atoms with van der Waals surface area (Å²) in [7, 11) is 0. The Balaban J connectivity index is 2.15. The van der Waals surface area contributed by atoms with Crippen LogP contribution in [0.4, 0.5) is 4.39 Å². The van der Waals surface area contributed by atoms with Gasteiger partial charge in [-0.1, -0.05) is 0 Å². The highest BCUT2D eigenvalue weighted by Crippen LogP contribution is 2.37. The van der Waals surface area contributed by atoms with Crippen molar-refractivity contribution in [1.29, 1.82) is 0 Å². The van der Waals surface area contributed by atoms with Crippen molar-refractivity contribution in [3.63, 3.8) is 0 Å². The summed E-state index contributed by atoms with van der Waals surface area (Å²) in [4.78, 5) is 0. The van der Waals surface area contributed by atoms with Gasteiger partial charge in [-0.25, -0.2) is 0 Å². The Bertz CT molecular complexity index is 370. The van der Waals surface area contributed by atoms with Crippen molar-refractivity contribution in [3.8, 4) is 17.2 Å². The molecule has 0 unspecified atom stereocenters. The fraction of sp³-hybridized carbons (Fsp3) is 0.455. The summed E-state index contributed by atoms with van der Waals surface area (Å²) < 4.78 is 27.8. The van der Waals surface area contributed by atoms with E-state index >= 15 is 0 Å². The van der Waals surface area contributed by atoms with Gasteiger partial charge in [-0.2, -0.15) is 0 Å². The molecule has 0 fully saturated rings. The molecule has 1 aliphatic heterocycles. The quantitative estimate of drug-likeness (QED) is 0.776. The van der Waals surface area contributed by atoms with Gasteiger partial charge < -0.3 is 19.9 Å². The van der Waals surface area contributed by atoms with Gasteiger partial charge in [0.25, 0.3) is 0 Å². The second-order valence-corrected chi connectivity index (χ2v) is 3.41. The molecule has 0 saturated heterocycles. The van der Waals surface area contributed by atoms with Crippen molar-refractivity contribution in [1.82, 2.24) is 0 Å². The zero-order valence-corrected chi connectivity index (χ0v) is 8.87. The van der Waals surface area contributed by atoms with E-state index in [1.54, 1.807) is 12.1 Å². The Morgan fingerprint density at radius 3 is 2.75 bits per heavy atom. The highest BCUT2D eigenvalue weighted by atomic mass is 19.1. The van der Waals surface area contributed by atoms with Crippen LogP contribution in [-0.2, 0) is 6.54 Å². The molecule has 16 heavy (non-hydrogen) atoms. The van der Waals surface area contributed by atoms with E-state index in [4.69, 9.17) is 19.9 Å². The number of hydrogen-bond acceptors (Lipinski definition) is 4. The molecule has 0 spiro atoms. The van der Waals surface area contributed by atoms with Gasteiger partial charge in [0.15, 0.2) is 11.5 Å². The van der Waals surface area contributed by atoms with Crippen LogP contribution in [0.5, 0.6) is 17.2 Å². The molecule has 0 radical (unpaired) electrons. The van der Waals surface area contributed by atoms with Gasteiger partial charge >= 0.3 is 0 Å². The van der Waals surface area contributed by atoms with Crippen LogP contribution in [0.1, 0.15) is 12.0 Å². The molecule has 0 amide bonds. The van der Waals surface area contributed by atoms with Crippen LogP contribution in [0.15, 0.2) is 12.1 Å². The first-order chi connectivity index (χ1) is 7.85. The van der Waals surface area contributed by atoms with Gasteiger partial charge in [-0.05, 0) is 6.07 Å². The average Bonchev–Trinajstić information content (AvgIpc) is 2.75. The Morgan fingerprint density at radius 2 is 2.06 bits per heavy atom. The normalized spacial score (nSPS) is 12.9. The third-order valence-corrected chi connectivity index (χ3v) is 2.31. The molecule has 0 atom stereocenters. The number of ether oxygens (including phenoxy) is 3. The van der Waals surface area contributed by atoms with Crippen LogP contribution >= 0.6 is 0 Å². The van der Waals surface area contributed by atoms with Gasteiger partial charge in [0.1, 0.15) is 5.75 Å². The molecule has 0 bridgehead atoms. The highest BCUT2D eigenvalue weighted by Gasteiger charge is 2.17. The number of alkyl halides is 1. The van der Waals surface area contributed by atoms with Crippen molar-refractivity contribution in [2.45, 2.75) is 13.0 Å². The smallest absolute Gasteiger partial charge is 0.231 e. The molecule has 1 aliphatic rings. The zero-order valence-electron chi connectivity index (χ0n) is 8.87. The zero-order chi connectivity index (χ0) is 11.4. The molecule has 0 aliphatic carbocycles. The molecule has 5 heteroatoms. The highest BCUT2D eigenvalue weighted by molar-refractivity contribution is 5.51. The summed E-state index contributed by atoms with van der Waals surface area (Å²) >= 11 is 0. The largest absolute Gasteiger partial charge is 0.493 e. The van der Waals surface area contributed by atoms with E-state index in [-0.39, 0.29) is 13.5 Å². The van der Waals surface area contributed by atoms with Gasteiger partial charge in [0, 0.05) is 24.6 Å². The van der Waals surface area contributed by atoms with E-state index in [0.717, 1.165) is 5.56 Å². The van der Waals surface area contributed by atoms with Crippen LogP contribution in [-0.4, -0.2) is 20.1 Å². The van der Waals surface area contributed by atoms with Crippen LogP contribution < -0.4 is 19.9 Å². The maximum Gasteiger partial charge on any atom is 0.231 e. The third-order valence-electron chi connectivity index (χ3n) is 2.31. The predicted octanol–water partition coefficient (Wildman–Crippen LogP) is 1.61. The van der Waals surface area contributed by atoms with Crippen LogP contribution in [0.2, 0.25) is 0 Å². The molecular formula is C11H14FNO3. The van der Waals surface area contributed by atoms with Crippen LogP contribution in [0.25, 0.3) is 0 Å². The lowest BCUT2D eigenvalue weighted by molar-refractivity contribution is 0.173. The second kappa shape index (κ2) is 5.03. The van der Waals surface area contributed by atoms with E-state index in [9.17, 15) is 4.39 Å². The fourth-order valence-corrected chi connectivity index (χ4v) is 1.50. The first-order valence-electron chi connectivity index (χ1n) is 5.16. The van der Waals surface area contributed by atoms with Crippen molar-refractivity contribution in [2.24, 2.45) is 5.73 Å². The van der Waals surface area contributed by atoms with E-state index in [0.29, 0.717) is 36.8 Å². The van der Waals surface area contributed by atoms with E-state index in [2.05, 4.69) is 0 Å². The summed E-state index contributed by atoms with van der Waals surface area (Å²) in [6.07, 6.45) is 0.373. The predicted molar refractivity (Wildman–Crippen MR) is 56.5 cm³/mol. The SMILES string of the molecule is NCc1cc2c(cc1OCCCF)OCO2. The summed E-state index contributed by atoms with van der Waals surface area (Å²) in [5.41, 5.74) is 6.43. The van der Waals surface area contributed by atoms with E-state index < -0.39 is 0 Å². The molecule has 2 rings (SSSR count). The van der Waals surface area contributed by atoms with Gasteiger partial charge in [-0.15, -0.1) is 0 Å². The van der Waals surface area contributed by atoms with E-state index in [1.807, 2.05) is 0 Å². The minimum absolute atomic E-state index is 0.216.